The highest BCUT2D eigenvalue weighted by molar-refractivity contribution is 5.83. The zero-order valence-corrected chi connectivity index (χ0v) is 28.7. The van der Waals surface area contributed by atoms with E-state index in [1.165, 1.54) is 0 Å². The molecule has 4 amide bonds. The first-order valence-corrected chi connectivity index (χ1v) is 17.3. The fourth-order valence-corrected chi connectivity index (χ4v) is 4.67. The number of hydrazone groups is 2. The van der Waals surface area contributed by atoms with Crippen LogP contribution in [0.4, 0.5) is 0 Å². The van der Waals surface area contributed by atoms with Crippen LogP contribution in [0.25, 0.3) is 0 Å². The Balaban J connectivity index is 1.46. The van der Waals surface area contributed by atoms with Crippen molar-refractivity contribution in [2.75, 3.05) is 13.2 Å². The third kappa shape index (κ3) is 21.2. The third-order valence-electron chi connectivity index (χ3n) is 7.51. The summed E-state index contributed by atoms with van der Waals surface area (Å²) in [4.78, 5) is 45.7. The summed E-state index contributed by atoms with van der Waals surface area (Å²) in [5.74, 6) is 0.443. The number of ether oxygens (including phenoxy) is 2. The van der Waals surface area contributed by atoms with E-state index in [1.807, 2.05) is 48.5 Å². The Morgan fingerprint density at radius 1 is 0.480 bits per heavy atom. The van der Waals surface area contributed by atoms with E-state index < -0.39 is 11.8 Å². The second-order valence-electron chi connectivity index (χ2n) is 11.7. The quantitative estimate of drug-likeness (QED) is 0.0313. The van der Waals surface area contributed by atoms with Gasteiger partial charge >= 0.3 is 0 Å². The lowest BCUT2D eigenvalue weighted by molar-refractivity contribution is -0.130. The molecular weight excluding hydrogens is 644 g/mol. The smallest absolute Gasteiger partial charge is 0.243 e. The minimum Gasteiger partial charge on any atom is -0.494 e. The second-order valence-corrected chi connectivity index (χ2v) is 11.7. The summed E-state index contributed by atoms with van der Waals surface area (Å²) in [5.41, 5.74) is 9.95. The van der Waals surface area contributed by atoms with Crippen molar-refractivity contribution >= 4 is 36.1 Å². The number of rotatable bonds is 27. The molecule has 0 radical (unpaired) electrons. The molecule has 50 heavy (non-hydrogen) atoms. The molecule has 14 heteroatoms. The zero-order chi connectivity index (χ0) is 36.1. The lowest BCUT2D eigenvalue weighted by Crippen LogP contribution is -2.18. The monoisotopic (exact) mass is 696 g/mol. The zero-order valence-electron chi connectivity index (χ0n) is 28.7. The average molecular weight is 697 g/mol. The highest BCUT2D eigenvalue weighted by Gasteiger charge is 2.03. The van der Waals surface area contributed by atoms with Crippen LogP contribution in [0.3, 0.4) is 0 Å². The summed E-state index contributed by atoms with van der Waals surface area (Å²) < 4.78 is 11.7. The summed E-state index contributed by atoms with van der Waals surface area (Å²) in [5, 5.41) is 24.9. The molecule has 14 nitrogen and oxygen atoms in total. The summed E-state index contributed by atoms with van der Waals surface area (Å²) in [6.45, 7) is 1.24. The number of carbonyl (C=O) groups is 4. The van der Waals surface area contributed by atoms with E-state index >= 15 is 0 Å². The number of unbranched alkanes of at least 4 members (excludes halogenated alkanes) is 9. The normalized spacial score (nSPS) is 11.0. The standard InChI is InChI=1S/C36H52N6O8/c43-33(13-7-1-3-9-15-35(45)41-47)39-37-27-29-17-21-31(22-18-29)49-25-11-5-6-12-26-50-32-23-19-30(20-24-32)28-38-40-34(44)14-8-2-4-10-16-36(46)42-48/h17-24,27-28,47-48H,1-16,25-26H2,(H,39,43)(H,40,44)(H,41,45)(H,42,46). The molecule has 0 bridgehead atoms. The van der Waals surface area contributed by atoms with Gasteiger partial charge in [-0.05, 0) is 111 Å². The average Bonchev–Trinajstić information content (AvgIpc) is 3.13. The first-order valence-electron chi connectivity index (χ1n) is 17.3. The molecule has 0 saturated carbocycles. The summed E-state index contributed by atoms with van der Waals surface area (Å²) in [6, 6.07) is 15.0. The van der Waals surface area contributed by atoms with Gasteiger partial charge in [0.2, 0.25) is 23.6 Å². The number of hydrogen-bond donors (Lipinski definition) is 6. The van der Waals surface area contributed by atoms with Crippen molar-refractivity contribution < 1.29 is 39.1 Å². The van der Waals surface area contributed by atoms with Gasteiger partial charge < -0.3 is 9.47 Å². The lowest BCUT2D eigenvalue weighted by atomic mass is 10.1. The van der Waals surface area contributed by atoms with Crippen LogP contribution in [0.15, 0.2) is 58.7 Å². The second kappa shape index (κ2) is 27.1. The van der Waals surface area contributed by atoms with Gasteiger partial charge in [0.1, 0.15) is 11.5 Å². The Morgan fingerprint density at radius 3 is 1.14 bits per heavy atom. The van der Waals surface area contributed by atoms with Crippen molar-refractivity contribution in [3.63, 3.8) is 0 Å². The van der Waals surface area contributed by atoms with Gasteiger partial charge in [0.15, 0.2) is 0 Å². The van der Waals surface area contributed by atoms with Crippen LogP contribution < -0.4 is 31.3 Å². The number of amides is 4. The van der Waals surface area contributed by atoms with Gasteiger partial charge in [-0.3, -0.25) is 29.6 Å². The molecule has 0 fully saturated rings. The van der Waals surface area contributed by atoms with Crippen molar-refractivity contribution in [1.29, 1.82) is 0 Å². The van der Waals surface area contributed by atoms with Crippen LogP contribution in [0.5, 0.6) is 11.5 Å². The van der Waals surface area contributed by atoms with Gasteiger partial charge in [-0.25, -0.2) is 21.8 Å². The fourth-order valence-electron chi connectivity index (χ4n) is 4.67. The van der Waals surface area contributed by atoms with E-state index in [-0.39, 0.29) is 24.7 Å². The Bertz CT molecular complexity index is 1220. The maximum absolute atomic E-state index is 11.9. The minimum atomic E-state index is -0.395. The van der Waals surface area contributed by atoms with E-state index in [4.69, 9.17) is 19.9 Å². The number of carbonyl (C=O) groups excluding carboxylic acids is 4. The molecule has 2 rings (SSSR count). The van der Waals surface area contributed by atoms with Crippen LogP contribution in [0.1, 0.15) is 114 Å². The molecule has 274 valence electrons. The molecule has 6 N–H and O–H groups in total. The molecule has 0 aromatic heterocycles. The van der Waals surface area contributed by atoms with Gasteiger partial charge in [0, 0.05) is 25.7 Å². The van der Waals surface area contributed by atoms with Crippen molar-refractivity contribution in [1.82, 2.24) is 21.8 Å². The van der Waals surface area contributed by atoms with Gasteiger partial charge in [-0.1, -0.05) is 25.7 Å². The van der Waals surface area contributed by atoms with Crippen LogP contribution in [-0.2, 0) is 19.2 Å². The molecule has 0 aliphatic rings. The predicted octanol–water partition coefficient (Wildman–Crippen LogP) is 5.30. The van der Waals surface area contributed by atoms with Gasteiger partial charge in [0.05, 0.1) is 25.6 Å². The predicted molar refractivity (Wildman–Crippen MR) is 189 cm³/mol. The Morgan fingerprint density at radius 2 is 0.800 bits per heavy atom. The Hall–Kier alpha value is -4.82. The molecule has 0 unspecified atom stereocenters. The van der Waals surface area contributed by atoms with Crippen molar-refractivity contribution in [3.05, 3.63) is 59.7 Å². The largest absolute Gasteiger partial charge is 0.494 e. The molecule has 0 spiro atoms. The van der Waals surface area contributed by atoms with E-state index in [1.54, 1.807) is 23.4 Å². The van der Waals surface area contributed by atoms with Gasteiger partial charge in [0.25, 0.3) is 0 Å². The van der Waals surface area contributed by atoms with Crippen LogP contribution >= 0.6 is 0 Å². The third-order valence-corrected chi connectivity index (χ3v) is 7.51. The molecule has 2 aromatic carbocycles. The minimum absolute atomic E-state index is 0.159. The van der Waals surface area contributed by atoms with Gasteiger partial charge in [-0.15, -0.1) is 0 Å². The fraction of sp³-hybridized carbons (Fsp3) is 0.500. The van der Waals surface area contributed by atoms with Crippen LogP contribution in [-0.4, -0.2) is 59.7 Å². The number of benzene rings is 2. The first-order chi connectivity index (χ1) is 24.4. The van der Waals surface area contributed by atoms with Crippen LogP contribution in [0, 0.1) is 0 Å². The number of hydroxylamine groups is 2. The summed E-state index contributed by atoms with van der Waals surface area (Å²) in [6.07, 6.45) is 14.4. The molecule has 2 aromatic rings. The topological polar surface area (TPSA) is 200 Å². The molecular formula is C36H52N6O8. The summed E-state index contributed by atoms with van der Waals surface area (Å²) >= 11 is 0. The maximum atomic E-state index is 11.9. The Kier molecular flexibility index (Phi) is 22.4. The first kappa shape index (κ1) is 41.4. The van der Waals surface area contributed by atoms with E-state index in [9.17, 15) is 19.2 Å². The Labute approximate surface area is 294 Å². The van der Waals surface area contributed by atoms with E-state index in [0.717, 1.165) is 74.0 Å². The highest BCUT2D eigenvalue weighted by Crippen LogP contribution is 2.14. The summed E-state index contributed by atoms with van der Waals surface area (Å²) in [7, 11) is 0. The lowest BCUT2D eigenvalue weighted by Gasteiger charge is -2.08. The molecule has 0 aliphatic carbocycles. The van der Waals surface area contributed by atoms with Gasteiger partial charge in [-0.2, -0.15) is 10.2 Å². The van der Waals surface area contributed by atoms with E-state index in [0.29, 0.717) is 51.7 Å². The van der Waals surface area contributed by atoms with Crippen molar-refractivity contribution in [2.45, 2.75) is 103 Å². The molecule has 0 aliphatic heterocycles. The van der Waals surface area contributed by atoms with Crippen molar-refractivity contribution in [2.24, 2.45) is 10.2 Å². The molecule has 0 saturated heterocycles. The van der Waals surface area contributed by atoms with Crippen LogP contribution in [0.2, 0.25) is 0 Å². The molecule has 0 heterocycles. The molecule has 0 atom stereocenters. The SMILES string of the molecule is O=C(CCCCCCC(=O)NN=Cc1ccc(OCCCCCCOc2ccc(C=NNC(=O)CCCCCCC(=O)NO)cc2)cc1)NO. The van der Waals surface area contributed by atoms with Crippen molar-refractivity contribution in [3.8, 4) is 11.5 Å². The number of nitrogens with one attached hydrogen (secondary N) is 4. The highest BCUT2D eigenvalue weighted by atomic mass is 16.5. The maximum Gasteiger partial charge on any atom is 0.243 e. The van der Waals surface area contributed by atoms with E-state index in [2.05, 4.69) is 21.1 Å². The number of nitrogens with zero attached hydrogens (tertiary/aromatic N) is 2. The number of hydrogen-bond acceptors (Lipinski definition) is 10.